The van der Waals surface area contributed by atoms with Crippen LogP contribution in [0.15, 0.2) is 75.7 Å². The van der Waals surface area contributed by atoms with Gasteiger partial charge in [0.15, 0.2) is 11.2 Å². The molecule has 0 radical (unpaired) electrons. The molecule has 3 heterocycles. The third-order valence-electron chi connectivity index (χ3n) is 5.90. The van der Waals surface area contributed by atoms with Crippen LogP contribution in [0.25, 0.3) is 55.1 Å². The monoisotopic (exact) mass is 421 g/mol. The maximum absolute atomic E-state index is 8.82. The van der Waals surface area contributed by atoms with Crippen LogP contribution in [-0.4, -0.2) is 4.98 Å². The molecule has 0 spiro atoms. The highest BCUT2D eigenvalue weighted by Gasteiger charge is 2.19. The van der Waals surface area contributed by atoms with Crippen LogP contribution in [-0.2, 0) is 6.37 Å². The van der Waals surface area contributed by atoms with Crippen LogP contribution < -0.4 is 0 Å². The number of hydrogen-bond acceptors (Lipinski definition) is 3. The first-order chi connectivity index (χ1) is 16.2. The van der Waals surface area contributed by atoms with Crippen LogP contribution in [0.5, 0.6) is 0 Å². The summed E-state index contributed by atoms with van der Waals surface area (Å²) in [4.78, 5) is 4.67. The molecule has 32 heavy (non-hydrogen) atoms. The summed E-state index contributed by atoms with van der Waals surface area (Å²) in [5, 5.41) is 4.06. The van der Waals surface area contributed by atoms with E-state index >= 15 is 0 Å². The molecule has 158 valence electrons. The number of aryl methyl sites for hydroxylation is 1. The minimum atomic E-state index is -1.52. The molecule has 0 fully saturated rings. The van der Waals surface area contributed by atoms with Gasteiger partial charge in [-0.2, -0.15) is 0 Å². The van der Waals surface area contributed by atoms with E-state index in [2.05, 4.69) is 23.2 Å². The van der Waals surface area contributed by atoms with E-state index in [1.54, 1.807) is 6.20 Å². The molecule has 0 unspecified atom stereocenters. The van der Waals surface area contributed by atoms with Crippen molar-refractivity contribution in [3.05, 3.63) is 78.0 Å². The molecule has 0 aliphatic heterocycles. The lowest BCUT2D eigenvalue weighted by Crippen LogP contribution is -2.10. The van der Waals surface area contributed by atoms with Crippen molar-refractivity contribution in [3.63, 3.8) is 0 Å². The molecule has 0 saturated carbocycles. The first kappa shape index (κ1) is 17.0. The van der Waals surface area contributed by atoms with Gasteiger partial charge in [0.05, 0.1) is 5.69 Å². The van der Waals surface area contributed by atoms with Gasteiger partial charge in [-0.25, -0.2) is 0 Å². The van der Waals surface area contributed by atoms with Gasteiger partial charge in [0.2, 0.25) is 0 Å². The van der Waals surface area contributed by atoms with Gasteiger partial charge in [-0.1, -0.05) is 51.1 Å². The van der Waals surface area contributed by atoms with E-state index in [1.807, 2.05) is 70.2 Å². The van der Waals surface area contributed by atoms with Crippen molar-refractivity contribution < 1.29 is 11.6 Å². The van der Waals surface area contributed by atoms with E-state index in [0.29, 0.717) is 16.8 Å². The van der Waals surface area contributed by atoms with Crippen molar-refractivity contribution in [1.29, 1.82) is 0 Å². The molecule has 0 aliphatic carbocycles. The van der Waals surface area contributed by atoms with Gasteiger partial charge < -0.3 is 8.83 Å². The third kappa shape index (κ3) is 2.92. The number of furan rings is 2. The van der Waals surface area contributed by atoms with E-state index in [0.717, 1.165) is 49.4 Å². The summed E-state index contributed by atoms with van der Waals surface area (Å²) in [5.74, 6) is 0. The van der Waals surface area contributed by atoms with Gasteiger partial charge >= 0.3 is 0 Å². The number of para-hydroxylation sites is 2. The second-order valence-electron chi connectivity index (χ2n) is 9.46. The Morgan fingerprint density at radius 1 is 0.812 bits per heavy atom. The Kier molecular flexibility index (Phi) is 3.57. The summed E-state index contributed by atoms with van der Waals surface area (Å²) in [6, 6.07) is 20.1. The first-order valence-corrected chi connectivity index (χ1v) is 10.9. The zero-order valence-corrected chi connectivity index (χ0v) is 18.6. The highest BCUT2D eigenvalue weighted by Crippen LogP contribution is 2.41. The maximum atomic E-state index is 8.82. The summed E-state index contributed by atoms with van der Waals surface area (Å²) >= 11 is 0. The first-order valence-electron chi connectivity index (χ1n) is 11.9. The second-order valence-corrected chi connectivity index (χ2v) is 9.46. The molecular formula is C29H25NO2. The van der Waals surface area contributed by atoms with Crippen molar-refractivity contribution in [1.82, 2.24) is 4.98 Å². The number of aromatic nitrogens is 1. The van der Waals surface area contributed by atoms with Crippen LogP contribution >= 0.6 is 0 Å². The molecule has 0 amide bonds. The predicted octanol–water partition coefficient (Wildman–Crippen LogP) is 8.44. The normalized spacial score (nSPS) is 13.9. The Hall–Kier alpha value is -3.59. The van der Waals surface area contributed by atoms with Crippen LogP contribution in [0.2, 0.25) is 0 Å². The molecule has 0 atom stereocenters. The van der Waals surface area contributed by atoms with E-state index in [-0.39, 0.29) is 0 Å². The number of nitrogens with zero attached hydrogens (tertiary/aromatic N) is 1. The molecule has 6 rings (SSSR count). The van der Waals surface area contributed by atoms with Crippen LogP contribution in [0.1, 0.15) is 34.6 Å². The fourth-order valence-corrected chi connectivity index (χ4v) is 4.45. The van der Waals surface area contributed by atoms with Crippen molar-refractivity contribution >= 4 is 43.9 Å². The SMILES string of the molecule is [2H]C([2H])(c1cc(-c2cccc3c2oc2c3ccc3c4ccccc4oc32)ncc1C)C(C)(C)C. The Morgan fingerprint density at radius 2 is 1.50 bits per heavy atom. The number of rotatable bonds is 2. The minimum absolute atomic E-state index is 0.561. The van der Waals surface area contributed by atoms with Crippen LogP contribution in [0, 0.1) is 12.3 Å². The fraction of sp³-hybridized carbons (Fsp3) is 0.207. The number of fused-ring (bicyclic) bond motifs is 7. The topological polar surface area (TPSA) is 39.2 Å². The minimum Gasteiger partial charge on any atom is -0.452 e. The lowest BCUT2D eigenvalue weighted by molar-refractivity contribution is 0.410. The summed E-state index contributed by atoms with van der Waals surface area (Å²) in [5.41, 5.74) is 5.47. The summed E-state index contributed by atoms with van der Waals surface area (Å²) in [7, 11) is 0. The van der Waals surface area contributed by atoms with Crippen LogP contribution in [0.3, 0.4) is 0 Å². The number of hydrogen-bond donors (Lipinski definition) is 0. The summed E-state index contributed by atoms with van der Waals surface area (Å²) < 4.78 is 30.3. The zero-order valence-electron chi connectivity index (χ0n) is 20.6. The van der Waals surface area contributed by atoms with E-state index in [1.165, 1.54) is 0 Å². The molecule has 0 bridgehead atoms. The molecule has 3 aromatic heterocycles. The predicted molar refractivity (Wildman–Crippen MR) is 132 cm³/mol. The van der Waals surface area contributed by atoms with Gasteiger partial charge in [0.1, 0.15) is 11.2 Å². The van der Waals surface area contributed by atoms with Crippen molar-refractivity contribution in [3.8, 4) is 11.3 Å². The molecule has 6 aromatic rings. The fourth-order valence-electron chi connectivity index (χ4n) is 4.45. The van der Waals surface area contributed by atoms with Crippen molar-refractivity contribution in [2.45, 2.75) is 34.1 Å². The van der Waals surface area contributed by atoms with E-state index in [4.69, 9.17) is 11.6 Å². The molecule has 3 aromatic carbocycles. The Balaban J connectivity index is 1.62. The Labute approximate surface area is 189 Å². The average Bonchev–Trinajstić information content (AvgIpc) is 3.37. The highest BCUT2D eigenvalue weighted by atomic mass is 16.4. The molecule has 3 nitrogen and oxygen atoms in total. The molecule has 0 N–H and O–H groups in total. The Bertz CT molecular complexity index is 1730. The third-order valence-corrected chi connectivity index (χ3v) is 5.90. The van der Waals surface area contributed by atoms with E-state index in [9.17, 15) is 0 Å². The van der Waals surface area contributed by atoms with Gasteiger partial charge in [-0.3, -0.25) is 4.98 Å². The zero-order chi connectivity index (χ0) is 23.8. The largest absolute Gasteiger partial charge is 0.452 e. The molecule has 0 aliphatic rings. The standard InChI is InChI=1S/C29H25NO2/c1-17-16-30-24(14-18(17)15-29(2,3)4)23-10-7-9-20-22-13-12-21-19-8-5-6-11-25(19)31-27(21)28(22)32-26(20)23/h5-14,16H,15H2,1-4H3/i15D2. The number of pyridine rings is 1. The molecule has 0 saturated heterocycles. The van der Waals surface area contributed by atoms with Gasteiger partial charge in [-0.15, -0.1) is 0 Å². The maximum Gasteiger partial charge on any atom is 0.178 e. The number of benzene rings is 3. The van der Waals surface area contributed by atoms with Crippen LogP contribution in [0.4, 0.5) is 0 Å². The highest BCUT2D eigenvalue weighted by molar-refractivity contribution is 6.20. The lowest BCUT2D eigenvalue weighted by atomic mass is 9.86. The van der Waals surface area contributed by atoms with Crippen molar-refractivity contribution in [2.24, 2.45) is 5.41 Å². The molecular weight excluding hydrogens is 394 g/mol. The Morgan fingerprint density at radius 3 is 2.31 bits per heavy atom. The van der Waals surface area contributed by atoms with Crippen molar-refractivity contribution in [2.75, 3.05) is 0 Å². The second kappa shape index (κ2) is 6.70. The van der Waals surface area contributed by atoms with Gasteiger partial charge in [0.25, 0.3) is 0 Å². The summed E-state index contributed by atoms with van der Waals surface area (Å²) in [6.45, 7) is 7.68. The quantitative estimate of drug-likeness (QED) is 0.281. The van der Waals surface area contributed by atoms with Gasteiger partial charge in [0, 0.05) is 36.0 Å². The van der Waals surface area contributed by atoms with E-state index < -0.39 is 11.8 Å². The van der Waals surface area contributed by atoms with Gasteiger partial charge in [-0.05, 0) is 60.2 Å². The molecule has 3 heteroatoms. The smallest absolute Gasteiger partial charge is 0.178 e. The summed E-state index contributed by atoms with van der Waals surface area (Å²) in [6.07, 6.45) is 0.240. The average molecular weight is 422 g/mol. The lowest BCUT2D eigenvalue weighted by Gasteiger charge is -2.20.